The van der Waals surface area contributed by atoms with E-state index in [0.717, 1.165) is 22.6 Å². The van der Waals surface area contributed by atoms with Crippen molar-refractivity contribution >= 4 is 16.9 Å². The molecule has 0 radical (unpaired) electrons. The van der Waals surface area contributed by atoms with Crippen LogP contribution in [0.5, 0.6) is 0 Å². The van der Waals surface area contributed by atoms with Crippen LogP contribution in [0.15, 0.2) is 42.6 Å². The number of pyridine rings is 1. The molecular weight excluding hydrogens is 302 g/mol. The molecule has 3 rings (SSSR count). The third-order valence-corrected chi connectivity index (χ3v) is 3.90. The highest BCUT2D eigenvalue weighted by Gasteiger charge is 2.12. The van der Waals surface area contributed by atoms with Gasteiger partial charge in [0.05, 0.1) is 28.8 Å². The number of rotatable bonds is 5. The van der Waals surface area contributed by atoms with E-state index in [1.165, 1.54) is 0 Å². The molecule has 2 N–H and O–H groups in total. The number of hydrogen-bond acceptors (Lipinski definition) is 4. The lowest BCUT2D eigenvalue weighted by Crippen LogP contribution is -2.21. The van der Waals surface area contributed by atoms with E-state index >= 15 is 0 Å². The number of carbonyl (C=O) groups is 1. The lowest BCUT2D eigenvalue weighted by atomic mass is 10.2. The summed E-state index contributed by atoms with van der Waals surface area (Å²) in [6.07, 6.45) is 2.34. The fraction of sp³-hybridized carbons (Fsp3) is 0.278. The molecule has 6 nitrogen and oxygen atoms in total. The maximum absolute atomic E-state index is 11.9. The average Bonchev–Trinajstić information content (AvgIpc) is 2.93. The number of imidazole rings is 1. The Balaban J connectivity index is 1.92. The highest BCUT2D eigenvalue weighted by molar-refractivity contribution is 5.93. The second-order valence-corrected chi connectivity index (χ2v) is 5.88. The Morgan fingerprint density at radius 1 is 1.21 bits per heavy atom. The number of nitrogens with zero attached hydrogens (tertiary/aromatic N) is 4. The van der Waals surface area contributed by atoms with Crippen molar-refractivity contribution in [3.05, 3.63) is 59.7 Å². The molecule has 6 heteroatoms. The van der Waals surface area contributed by atoms with E-state index in [1.807, 2.05) is 36.4 Å². The van der Waals surface area contributed by atoms with Gasteiger partial charge in [-0.2, -0.15) is 0 Å². The minimum absolute atomic E-state index is 0.0500. The molecule has 24 heavy (non-hydrogen) atoms. The van der Waals surface area contributed by atoms with E-state index < -0.39 is 0 Å². The number of aromatic nitrogens is 3. The number of fused-ring (bicyclic) bond motifs is 1. The van der Waals surface area contributed by atoms with Crippen molar-refractivity contribution in [2.75, 3.05) is 20.6 Å². The lowest BCUT2D eigenvalue weighted by Gasteiger charge is -2.11. The predicted molar refractivity (Wildman–Crippen MR) is 93.8 cm³/mol. The smallest absolute Gasteiger partial charge is 0.254 e. The molecule has 3 aromatic rings. The number of para-hydroxylation sites is 2. The normalized spacial score (nSPS) is 11.0. The molecule has 0 unspecified atom stereocenters. The molecule has 0 aliphatic heterocycles. The van der Waals surface area contributed by atoms with Crippen LogP contribution in [0.3, 0.4) is 0 Å². The fourth-order valence-electron chi connectivity index (χ4n) is 2.69. The van der Waals surface area contributed by atoms with Crippen molar-refractivity contribution in [2.45, 2.75) is 13.0 Å². The van der Waals surface area contributed by atoms with E-state index in [2.05, 4.69) is 14.5 Å². The number of carbonyl (C=O) groups excluding carboxylic acids is 1. The molecule has 0 saturated carbocycles. The second kappa shape index (κ2) is 6.80. The van der Waals surface area contributed by atoms with Crippen molar-refractivity contribution in [3.8, 4) is 0 Å². The Morgan fingerprint density at radius 3 is 2.67 bits per heavy atom. The standard InChI is InChI=1S/C18H21N5O/c1-22(2)18(24)13-7-8-14(20-11-13)12-23-16-6-4-3-5-15(16)21-17(23)9-10-19/h3-8,11H,9-10,12,19H2,1-2H3. The van der Waals surface area contributed by atoms with Crippen LogP contribution in [-0.4, -0.2) is 46.0 Å². The van der Waals surface area contributed by atoms with Gasteiger partial charge in [-0.15, -0.1) is 0 Å². The molecule has 0 atom stereocenters. The molecule has 1 amide bonds. The first-order chi connectivity index (χ1) is 11.6. The van der Waals surface area contributed by atoms with Crippen LogP contribution >= 0.6 is 0 Å². The number of amides is 1. The first-order valence-corrected chi connectivity index (χ1v) is 7.91. The SMILES string of the molecule is CN(C)C(=O)c1ccc(Cn2c(CCN)nc3ccccc32)nc1. The van der Waals surface area contributed by atoms with Crippen LogP contribution in [0.4, 0.5) is 0 Å². The largest absolute Gasteiger partial charge is 0.345 e. The minimum atomic E-state index is -0.0500. The van der Waals surface area contributed by atoms with E-state index in [-0.39, 0.29) is 5.91 Å². The number of hydrogen-bond donors (Lipinski definition) is 1. The summed E-state index contributed by atoms with van der Waals surface area (Å²) in [5, 5.41) is 0. The fourth-order valence-corrected chi connectivity index (χ4v) is 2.69. The maximum Gasteiger partial charge on any atom is 0.254 e. The van der Waals surface area contributed by atoms with Gasteiger partial charge in [0.2, 0.25) is 0 Å². The third kappa shape index (κ3) is 3.14. The van der Waals surface area contributed by atoms with E-state index in [9.17, 15) is 4.79 Å². The molecule has 0 spiro atoms. The lowest BCUT2D eigenvalue weighted by molar-refractivity contribution is 0.0827. The summed E-state index contributed by atoms with van der Waals surface area (Å²) in [4.78, 5) is 22.6. The van der Waals surface area contributed by atoms with Crippen LogP contribution in [0.2, 0.25) is 0 Å². The van der Waals surface area contributed by atoms with Crippen LogP contribution < -0.4 is 5.73 Å². The van der Waals surface area contributed by atoms with Crippen molar-refractivity contribution in [1.29, 1.82) is 0 Å². The van der Waals surface area contributed by atoms with Crippen LogP contribution in [0.25, 0.3) is 11.0 Å². The van der Waals surface area contributed by atoms with Crippen LogP contribution in [0, 0.1) is 0 Å². The summed E-state index contributed by atoms with van der Waals surface area (Å²) >= 11 is 0. The zero-order valence-corrected chi connectivity index (χ0v) is 13.9. The maximum atomic E-state index is 11.9. The molecule has 0 saturated heterocycles. The zero-order valence-electron chi connectivity index (χ0n) is 13.9. The Morgan fingerprint density at radius 2 is 2.00 bits per heavy atom. The second-order valence-electron chi connectivity index (χ2n) is 5.88. The van der Waals surface area contributed by atoms with Crippen LogP contribution in [0.1, 0.15) is 21.9 Å². The third-order valence-electron chi connectivity index (χ3n) is 3.90. The summed E-state index contributed by atoms with van der Waals surface area (Å²) in [7, 11) is 3.46. The van der Waals surface area contributed by atoms with Gasteiger partial charge in [0.15, 0.2) is 0 Å². The Hall–Kier alpha value is -2.73. The quantitative estimate of drug-likeness (QED) is 0.775. The first kappa shape index (κ1) is 16.1. The van der Waals surface area contributed by atoms with Crippen molar-refractivity contribution < 1.29 is 4.79 Å². The molecule has 2 heterocycles. The summed E-state index contributed by atoms with van der Waals surface area (Å²) in [5.41, 5.74) is 9.21. The van der Waals surface area contributed by atoms with Gasteiger partial charge in [-0.3, -0.25) is 9.78 Å². The Bertz CT molecular complexity index is 851. The molecular formula is C18H21N5O. The monoisotopic (exact) mass is 323 g/mol. The number of benzene rings is 1. The summed E-state index contributed by atoms with van der Waals surface area (Å²) in [6, 6.07) is 11.7. The van der Waals surface area contributed by atoms with Gasteiger partial charge in [-0.1, -0.05) is 12.1 Å². The molecule has 124 valence electrons. The van der Waals surface area contributed by atoms with Gasteiger partial charge in [0, 0.05) is 26.7 Å². The first-order valence-electron chi connectivity index (χ1n) is 7.91. The zero-order chi connectivity index (χ0) is 17.1. The Labute approximate surface area is 140 Å². The molecule has 2 aromatic heterocycles. The van der Waals surface area contributed by atoms with E-state index in [1.54, 1.807) is 25.2 Å². The molecule has 1 aromatic carbocycles. The van der Waals surface area contributed by atoms with Gasteiger partial charge in [0.1, 0.15) is 5.82 Å². The van der Waals surface area contributed by atoms with Crippen molar-refractivity contribution in [1.82, 2.24) is 19.4 Å². The van der Waals surface area contributed by atoms with Gasteiger partial charge < -0.3 is 15.2 Å². The Kier molecular flexibility index (Phi) is 4.57. The van der Waals surface area contributed by atoms with E-state index in [4.69, 9.17) is 5.73 Å². The highest BCUT2D eigenvalue weighted by Crippen LogP contribution is 2.18. The topological polar surface area (TPSA) is 77.0 Å². The van der Waals surface area contributed by atoms with Gasteiger partial charge in [-0.25, -0.2) is 4.98 Å². The summed E-state index contributed by atoms with van der Waals surface area (Å²) in [6.45, 7) is 1.15. The molecule has 0 fully saturated rings. The summed E-state index contributed by atoms with van der Waals surface area (Å²) in [5.74, 6) is 0.903. The number of nitrogens with two attached hydrogens (primary N) is 1. The molecule has 0 bridgehead atoms. The van der Waals surface area contributed by atoms with Gasteiger partial charge in [0.25, 0.3) is 5.91 Å². The van der Waals surface area contributed by atoms with Crippen molar-refractivity contribution in [3.63, 3.8) is 0 Å². The van der Waals surface area contributed by atoms with Gasteiger partial charge >= 0.3 is 0 Å². The predicted octanol–water partition coefficient (Wildman–Crippen LogP) is 1.68. The van der Waals surface area contributed by atoms with Gasteiger partial charge in [-0.05, 0) is 30.8 Å². The molecule has 0 aliphatic rings. The minimum Gasteiger partial charge on any atom is -0.345 e. The van der Waals surface area contributed by atoms with Crippen LogP contribution in [-0.2, 0) is 13.0 Å². The highest BCUT2D eigenvalue weighted by atomic mass is 16.2. The summed E-state index contributed by atoms with van der Waals surface area (Å²) < 4.78 is 2.14. The van der Waals surface area contributed by atoms with Crippen molar-refractivity contribution in [2.24, 2.45) is 5.73 Å². The molecule has 0 aliphatic carbocycles. The average molecular weight is 323 g/mol. The van der Waals surface area contributed by atoms with E-state index in [0.29, 0.717) is 25.1 Å².